The molecule has 0 aromatic heterocycles. The lowest BCUT2D eigenvalue weighted by Crippen LogP contribution is -2.41. The van der Waals surface area contributed by atoms with Crippen LogP contribution in [0.1, 0.15) is 78.6 Å². The summed E-state index contributed by atoms with van der Waals surface area (Å²) in [6.45, 7) is 8.17. The SMILES string of the molecule is CCCCC(CC)CC(NCCC)C1CCC1. The van der Waals surface area contributed by atoms with Crippen molar-refractivity contribution in [3.8, 4) is 0 Å². The maximum atomic E-state index is 3.81. The molecular weight excluding hydrogens is 206 g/mol. The molecule has 1 heteroatoms. The zero-order valence-electron chi connectivity index (χ0n) is 12.3. The molecule has 1 rings (SSSR count). The Morgan fingerprint density at radius 2 is 1.88 bits per heavy atom. The van der Waals surface area contributed by atoms with Gasteiger partial charge in [0.05, 0.1) is 0 Å². The Morgan fingerprint density at radius 3 is 2.35 bits per heavy atom. The Balaban J connectivity index is 2.33. The number of hydrogen-bond donors (Lipinski definition) is 1. The minimum absolute atomic E-state index is 0.825. The smallest absolute Gasteiger partial charge is 0.00979 e. The van der Waals surface area contributed by atoms with Crippen LogP contribution in [0.4, 0.5) is 0 Å². The molecule has 0 bridgehead atoms. The zero-order valence-corrected chi connectivity index (χ0v) is 12.3. The molecule has 1 N–H and O–H groups in total. The van der Waals surface area contributed by atoms with Gasteiger partial charge in [-0.2, -0.15) is 0 Å². The summed E-state index contributed by atoms with van der Waals surface area (Å²) >= 11 is 0. The maximum Gasteiger partial charge on any atom is 0.00979 e. The van der Waals surface area contributed by atoms with Crippen LogP contribution in [0.2, 0.25) is 0 Å². The molecule has 0 amide bonds. The van der Waals surface area contributed by atoms with Crippen LogP contribution in [0, 0.1) is 11.8 Å². The molecule has 17 heavy (non-hydrogen) atoms. The standard InChI is InChI=1S/C16H33N/c1-4-7-9-14(6-3)13-16(17-12-5-2)15-10-8-11-15/h14-17H,4-13H2,1-3H3. The summed E-state index contributed by atoms with van der Waals surface area (Å²) < 4.78 is 0. The largest absolute Gasteiger partial charge is 0.314 e. The molecule has 1 saturated carbocycles. The molecule has 0 aromatic carbocycles. The lowest BCUT2D eigenvalue weighted by atomic mass is 9.75. The quantitative estimate of drug-likeness (QED) is 0.579. The van der Waals surface area contributed by atoms with E-state index in [1.54, 1.807) is 0 Å². The number of hydrogen-bond acceptors (Lipinski definition) is 1. The van der Waals surface area contributed by atoms with Crippen LogP contribution in [0.3, 0.4) is 0 Å². The molecule has 1 aliphatic rings. The van der Waals surface area contributed by atoms with E-state index in [2.05, 4.69) is 26.1 Å². The Morgan fingerprint density at radius 1 is 1.12 bits per heavy atom. The van der Waals surface area contributed by atoms with Gasteiger partial charge in [0, 0.05) is 6.04 Å². The van der Waals surface area contributed by atoms with Crippen molar-refractivity contribution in [3.05, 3.63) is 0 Å². The maximum absolute atomic E-state index is 3.81. The highest BCUT2D eigenvalue weighted by Crippen LogP contribution is 2.33. The second-order valence-corrected chi connectivity index (χ2v) is 5.90. The first-order valence-corrected chi connectivity index (χ1v) is 8.05. The Hall–Kier alpha value is -0.0400. The molecule has 0 aromatic rings. The molecule has 0 spiro atoms. The van der Waals surface area contributed by atoms with E-state index in [1.807, 2.05) is 0 Å². The van der Waals surface area contributed by atoms with Gasteiger partial charge in [-0.1, -0.05) is 52.9 Å². The van der Waals surface area contributed by atoms with Crippen LogP contribution < -0.4 is 5.32 Å². The van der Waals surface area contributed by atoms with Crippen molar-refractivity contribution in [1.82, 2.24) is 5.32 Å². The molecule has 1 nitrogen and oxygen atoms in total. The highest BCUT2D eigenvalue weighted by atomic mass is 14.9. The van der Waals surface area contributed by atoms with Gasteiger partial charge < -0.3 is 5.32 Å². The average molecular weight is 239 g/mol. The van der Waals surface area contributed by atoms with Crippen molar-refractivity contribution in [2.45, 2.75) is 84.6 Å². The van der Waals surface area contributed by atoms with Crippen molar-refractivity contribution < 1.29 is 0 Å². The number of nitrogens with one attached hydrogen (secondary N) is 1. The first-order valence-electron chi connectivity index (χ1n) is 8.05. The van der Waals surface area contributed by atoms with E-state index >= 15 is 0 Å². The topological polar surface area (TPSA) is 12.0 Å². The fourth-order valence-corrected chi connectivity index (χ4v) is 2.95. The minimum atomic E-state index is 0.825. The Kier molecular flexibility index (Phi) is 7.92. The van der Waals surface area contributed by atoms with E-state index in [4.69, 9.17) is 0 Å². The van der Waals surface area contributed by atoms with Gasteiger partial charge in [0.2, 0.25) is 0 Å². The molecule has 1 fully saturated rings. The highest BCUT2D eigenvalue weighted by molar-refractivity contribution is 4.84. The lowest BCUT2D eigenvalue weighted by Gasteiger charge is -2.36. The second-order valence-electron chi connectivity index (χ2n) is 5.90. The van der Waals surface area contributed by atoms with E-state index in [1.165, 1.54) is 64.3 Å². The molecule has 2 unspecified atom stereocenters. The van der Waals surface area contributed by atoms with Crippen LogP contribution in [-0.4, -0.2) is 12.6 Å². The molecule has 0 aliphatic heterocycles. The normalized spacial score (nSPS) is 19.9. The molecule has 1 aliphatic carbocycles. The van der Waals surface area contributed by atoms with Gasteiger partial charge in [-0.3, -0.25) is 0 Å². The van der Waals surface area contributed by atoms with E-state index in [0.717, 1.165) is 17.9 Å². The van der Waals surface area contributed by atoms with Gasteiger partial charge in [0.15, 0.2) is 0 Å². The molecule has 102 valence electrons. The van der Waals surface area contributed by atoms with Crippen molar-refractivity contribution >= 4 is 0 Å². The van der Waals surface area contributed by atoms with Gasteiger partial charge in [0.1, 0.15) is 0 Å². The van der Waals surface area contributed by atoms with Crippen molar-refractivity contribution in [2.75, 3.05) is 6.54 Å². The molecule has 0 heterocycles. The van der Waals surface area contributed by atoms with Gasteiger partial charge in [-0.05, 0) is 44.1 Å². The molecular formula is C16H33N. The fraction of sp³-hybridized carbons (Fsp3) is 1.00. The van der Waals surface area contributed by atoms with Crippen LogP contribution >= 0.6 is 0 Å². The van der Waals surface area contributed by atoms with Crippen LogP contribution in [0.15, 0.2) is 0 Å². The van der Waals surface area contributed by atoms with Gasteiger partial charge >= 0.3 is 0 Å². The van der Waals surface area contributed by atoms with Crippen LogP contribution in [-0.2, 0) is 0 Å². The summed E-state index contributed by atoms with van der Waals surface area (Å²) in [4.78, 5) is 0. The summed E-state index contributed by atoms with van der Waals surface area (Å²) in [5, 5.41) is 3.81. The molecule has 0 saturated heterocycles. The Bertz CT molecular complexity index is 174. The molecule has 0 radical (unpaired) electrons. The van der Waals surface area contributed by atoms with Crippen molar-refractivity contribution in [3.63, 3.8) is 0 Å². The first kappa shape index (κ1) is 15.0. The van der Waals surface area contributed by atoms with E-state index in [9.17, 15) is 0 Å². The van der Waals surface area contributed by atoms with Crippen LogP contribution in [0.5, 0.6) is 0 Å². The summed E-state index contributed by atoms with van der Waals surface area (Å²) in [6, 6.07) is 0.825. The number of unbranched alkanes of at least 4 members (excludes halogenated alkanes) is 1. The van der Waals surface area contributed by atoms with E-state index in [-0.39, 0.29) is 0 Å². The lowest BCUT2D eigenvalue weighted by molar-refractivity contribution is 0.194. The summed E-state index contributed by atoms with van der Waals surface area (Å²) in [6.07, 6.45) is 12.7. The highest BCUT2D eigenvalue weighted by Gasteiger charge is 2.28. The third-order valence-corrected chi connectivity index (χ3v) is 4.51. The molecule has 2 atom stereocenters. The number of rotatable bonds is 10. The monoisotopic (exact) mass is 239 g/mol. The summed E-state index contributed by atoms with van der Waals surface area (Å²) in [7, 11) is 0. The third kappa shape index (κ3) is 5.42. The van der Waals surface area contributed by atoms with Crippen molar-refractivity contribution in [1.29, 1.82) is 0 Å². The van der Waals surface area contributed by atoms with Gasteiger partial charge in [-0.15, -0.1) is 0 Å². The summed E-state index contributed by atoms with van der Waals surface area (Å²) in [5.41, 5.74) is 0. The van der Waals surface area contributed by atoms with Gasteiger partial charge in [-0.25, -0.2) is 0 Å². The first-order chi connectivity index (χ1) is 8.31. The summed E-state index contributed by atoms with van der Waals surface area (Å²) in [5.74, 6) is 1.96. The second kappa shape index (κ2) is 8.97. The van der Waals surface area contributed by atoms with Crippen molar-refractivity contribution in [2.24, 2.45) is 11.8 Å². The Labute approximate surface area is 109 Å². The third-order valence-electron chi connectivity index (χ3n) is 4.51. The van der Waals surface area contributed by atoms with E-state index < -0.39 is 0 Å². The average Bonchev–Trinajstić information content (AvgIpc) is 2.28. The van der Waals surface area contributed by atoms with E-state index in [0.29, 0.717) is 0 Å². The zero-order chi connectivity index (χ0) is 12.5. The van der Waals surface area contributed by atoms with Gasteiger partial charge in [0.25, 0.3) is 0 Å². The minimum Gasteiger partial charge on any atom is -0.314 e. The fourth-order valence-electron chi connectivity index (χ4n) is 2.95. The predicted molar refractivity (Wildman–Crippen MR) is 77.3 cm³/mol. The predicted octanol–water partition coefficient (Wildman–Crippen LogP) is 4.76. The van der Waals surface area contributed by atoms with Crippen LogP contribution in [0.25, 0.3) is 0 Å².